The monoisotopic (exact) mass is 216 g/mol. The molecule has 0 radical (unpaired) electrons. The van der Waals surface area contributed by atoms with Crippen molar-refractivity contribution in [2.75, 3.05) is 46.4 Å². The number of carbonyl (C=O) groups is 1. The highest BCUT2D eigenvalue weighted by Crippen LogP contribution is 2.06. The highest BCUT2D eigenvalue weighted by atomic mass is 16.6. The summed E-state index contributed by atoms with van der Waals surface area (Å²) in [6.07, 6.45) is 2.17. The van der Waals surface area contributed by atoms with Gasteiger partial charge in [0.1, 0.15) is 6.61 Å². The van der Waals surface area contributed by atoms with Crippen LogP contribution in [0.3, 0.4) is 0 Å². The topological polar surface area (TPSA) is 53.0 Å². The molecule has 15 heavy (non-hydrogen) atoms. The van der Waals surface area contributed by atoms with Gasteiger partial charge >= 0.3 is 6.09 Å². The fourth-order valence-corrected chi connectivity index (χ4v) is 1.63. The van der Waals surface area contributed by atoms with Gasteiger partial charge in [0.2, 0.25) is 0 Å². The molecule has 1 fully saturated rings. The number of likely N-dealkylation sites (tertiary alicyclic amines) is 1. The lowest BCUT2D eigenvalue weighted by atomic mass is 10.4. The minimum atomic E-state index is -0.358. The fraction of sp³-hybridized carbons (Fsp3) is 0.900. The zero-order valence-electron chi connectivity index (χ0n) is 9.31. The smallest absolute Gasteiger partial charge is 0.409 e. The van der Waals surface area contributed by atoms with Gasteiger partial charge in [0, 0.05) is 20.1 Å². The molecule has 0 aliphatic carbocycles. The van der Waals surface area contributed by atoms with Gasteiger partial charge in [0.25, 0.3) is 0 Å². The Kier molecular flexibility index (Phi) is 5.42. The molecule has 1 aliphatic rings. The van der Waals surface area contributed by atoms with Crippen molar-refractivity contribution in [1.82, 2.24) is 9.80 Å². The third-order valence-electron chi connectivity index (χ3n) is 2.58. The van der Waals surface area contributed by atoms with Crippen molar-refractivity contribution in [2.45, 2.75) is 12.8 Å². The predicted molar refractivity (Wildman–Crippen MR) is 56.7 cm³/mol. The molecular weight excluding hydrogens is 196 g/mol. The molecule has 0 aromatic carbocycles. The van der Waals surface area contributed by atoms with Gasteiger partial charge in [0.05, 0.1) is 6.61 Å². The lowest BCUT2D eigenvalue weighted by molar-refractivity contribution is 0.0887. The summed E-state index contributed by atoms with van der Waals surface area (Å²) in [6, 6.07) is 0. The molecule has 0 aromatic heterocycles. The minimum Gasteiger partial charge on any atom is -0.447 e. The van der Waals surface area contributed by atoms with E-state index < -0.39 is 0 Å². The van der Waals surface area contributed by atoms with E-state index in [9.17, 15) is 4.79 Å². The number of aliphatic hydroxyl groups is 1. The SMILES string of the molecule is CN(CCN1CCCC1)C(=O)OCCO. The van der Waals surface area contributed by atoms with Gasteiger partial charge in [-0.3, -0.25) is 0 Å². The molecule has 1 heterocycles. The van der Waals surface area contributed by atoms with Crippen LogP contribution in [0.1, 0.15) is 12.8 Å². The molecule has 0 spiro atoms. The number of carbonyl (C=O) groups excluding carboxylic acids is 1. The normalized spacial score (nSPS) is 16.7. The standard InChI is InChI=1S/C10H20N2O3/c1-11(10(14)15-9-8-13)6-7-12-4-2-3-5-12/h13H,2-9H2,1H3. The van der Waals surface area contributed by atoms with Gasteiger partial charge < -0.3 is 19.6 Å². The second-order valence-corrected chi connectivity index (χ2v) is 3.81. The molecule has 1 N–H and O–H groups in total. The number of hydrogen-bond acceptors (Lipinski definition) is 4. The first-order valence-corrected chi connectivity index (χ1v) is 5.45. The van der Waals surface area contributed by atoms with Gasteiger partial charge in [-0.05, 0) is 25.9 Å². The maximum Gasteiger partial charge on any atom is 0.409 e. The molecule has 5 heteroatoms. The van der Waals surface area contributed by atoms with E-state index in [4.69, 9.17) is 9.84 Å². The molecule has 0 bridgehead atoms. The van der Waals surface area contributed by atoms with Crippen molar-refractivity contribution in [3.63, 3.8) is 0 Å². The van der Waals surface area contributed by atoms with Crippen LogP contribution in [-0.4, -0.2) is 67.4 Å². The molecular formula is C10H20N2O3. The van der Waals surface area contributed by atoms with Crippen LogP contribution in [0.15, 0.2) is 0 Å². The van der Waals surface area contributed by atoms with E-state index in [1.165, 1.54) is 12.8 Å². The van der Waals surface area contributed by atoms with Gasteiger partial charge in [-0.15, -0.1) is 0 Å². The van der Waals surface area contributed by atoms with Crippen LogP contribution in [0.25, 0.3) is 0 Å². The zero-order chi connectivity index (χ0) is 11.1. The summed E-state index contributed by atoms with van der Waals surface area (Å²) in [5.41, 5.74) is 0. The Labute approximate surface area is 90.6 Å². The molecule has 0 aromatic rings. The maximum absolute atomic E-state index is 11.3. The van der Waals surface area contributed by atoms with Gasteiger partial charge in [0.15, 0.2) is 0 Å². The van der Waals surface area contributed by atoms with E-state index >= 15 is 0 Å². The Morgan fingerprint density at radius 1 is 1.47 bits per heavy atom. The van der Waals surface area contributed by atoms with E-state index in [0.717, 1.165) is 19.6 Å². The van der Waals surface area contributed by atoms with Crippen LogP contribution in [0, 0.1) is 0 Å². The maximum atomic E-state index is 11.3. The lowest BCUT2D eigenvalue weighted by Crippen LogP contribution is -2.35. The van der Waals surface area contributed by atoms with Crippen molar-refractivity contribution >= 4 is 6.09 Å². The van der Waals surface area contributed by atoms with Crippen LogP contribution >= 0.6 is 0 Å². The van der Waals surface area contributed by atoms with Crippen LogP contribution < -0.4 is 0 Å². The molecule has 0 atom stereocenters. The number of aliphatic hydroxyl groups excluding tert-OH is 1. The van der Waals surface area contributed by atoms with Crippen LogP contribution in [-0.2, 0) is 4.74 Å². The van der Waals surface area contributed by atoms with Gasteiger partial charge in [-0.2, -0.15) is 0 Å². The molecule has 88 valence electrons. The molecule has 1 saturated heterocycles. The summed E-state index contributed by atoms with van der Waals surface area (Å²) < 4.78 is 4.79. The third-order valence-corrected chi connectivity index (χ3v) is 2.58. The molecule has 0 saturated carbocycles. The Balaban J connectivity index is 2.10. The van der Waals surface area contributed by atoms with E-state index in [1.54, 1.807) is 11.9 Å². The Morgan fingerprint density at radius 2 is 2.13 bits per heavy atom. The van der Waals surface area contributed by atoms with E-state index in [-0.39, 0.29) is 19.3 Å². The summed E-state index contributed by atoms with van der Waals surface area (Å²) in [7, 11) is 1.72. The Bertz CT molecular complexity index is 193. The summed E-state index contributed by atoms with van der Waals surface area (Å²) in [5, 5.41) is 8.50. The molecule has 1 rings (SSSR count). The van der Waals surface area contributed by atoms with E-state index in [1.807, 2.05) is 0 Å². The number of hydrogen-bond donors (Lipinski definition) is 1. The minimum absolute atomic E-state index is 0.0763. The highest BCUT2D eigenvalue weighted by molar-refractivity contribution is 5.67. The molecule has 0 unspecified atom stereocenters. The van der Waals surface area contributed by atoms with Crippen LogP contribution in [0.4, 0.5) is 4.79 Å². The van der Waals surface area contributed by atoms with Crippen molar-refractivity contribution in [3.05, 3.63) is 0 Å². The number of nitrogens with zero attached hydrogens (tertiary/aromatic N) is 2. The largest absolute Gasteiger partial charge is 0.447 e. The second-order valence-electron chi connectivity index (χ2n) is 3.81. The quantitative estimate of drug-likeness (QED) is 0.710. The molecule has 5 nitrogen and oxygen atoms in total. The van der Waals surface area contributed by atoms with Gasteiger partial charge in [-0.25, -0.2) is 4.79 Å². The lowest BCUT2D eigenvalue weighted by Gasteiger charge is -2.20. The first-order valence-electron chi connectivity index (χ1n) is 5.45. The van der Waals surface area contributed by atoms with Crippen molar-refractivity contribution < 1.29 is 14.6 Å². The van der Waals surface area contributed by atoms with E-state index in [2.05, 4.69) is 4.90 Å². The Morgan fingerprint density at radius 3 is 2.73 bits per heavy atom. The molecule has 1 aliphatic heterocycles. The van der Waals surface area contributed by atoms with Crippen molar-refractivity contribution in [1.29, 1.82) is 0 Å². The predicted octanol–water partition coefficient (Wildman–Crippen LogP) is 0.143. The van der Waals surface area contributed by atoms with Crippen molar-refractivity contribution in [3.8, 4) is 0 Å². The summed E-state index contributed by atoms with van der Waals surface area (Å²) in [5.74, 6) is 0. The average molecular weight is 216 g/mol. The first kappa shape index (κ1) is 12.3. The van der Waals surface area contributed by atoms with E-state index in [0.29, 0.717) is 6.54 Å². The van der Waals surface area contributed by atoms with Crippen LogP contribution in [0.2, 0.25) is 0 Å². The first-order chi connectivity index (χ1) is 7.24. The Hall–Kier alpha value is -0.810. The third kappa shape index (κ3) is 4.48. The van der Waals surface area contributed by atoms with Crippen LogP contribution in [0.5, 0.6) is 0 Å². The summed E-state index contributed by atoms with van der Waals surface area (Å²) in [4.78, 5) is 15.2. The number of amides is 1. The van der Waals surface area contributed by atoms with Crippen molar-refractivity contribution in [2.24, 2.45) is 0 Å². The highest BCUT2D eigenvalue weighted by Gasteiger charge is 2.14. The zero-order valence-corrected chi connectivity index (χ0v) is 9.31. The summed E-state index contributed by atoms with van der Waals surface area (Å²) in [6.45, 7) is 3.83. The number of rotatable bonds is 5. The number of ether oxygens (including phenoxy) is 1. The summed E-state index contributed by atoms with van der Waals surface area (Å²) >= 11 is 0. The molecule has 1 amide bonds. The van der Waals surface area contributed by atoms with Gasteiger partial charge in [-0.1, -0.05) is 0 Å². The average Bonchev–Trinajstić information content (AvgIpc) is 2.75. The fourth-order valence-electron chi connectivity index (χ4n) is 1.63. The number of likely N-dealkylation sites (N-methyl/N-ethyl adjacent to an activating group) is 1. The second kappa shape index (κ2) is 6.63.